The summed E-state index contributed by atoms with van der Waals surface area (Å²) < 4.78 is 27.0. The van der Waals surface area contributed by atoms with Gasteiger partial charge in [-0.3, -0.25) is 4.79 Å². The molecule has 0 amide bonds. The molecule has 0 aliphatic heterocycles. The second-order valence-corrected chi connectivity index (χ2v) is 4.15. The Morgan fingerprint density at radius 3 is 2.25 bits per heavy atom. The van der Waals surface area contributed by atoms with E-state index < -0.39 is 23.0 Å². The number of carbonyl (C=O) groups is 1. The summed E-state index contributed by atoms with van der Waals surface area (Å²) in [5.41, 5.74) is 3.66. The van der Waals surface area contributed by atoms with Crippen LogP contribution >= 0.6 is 0 Å². The fourth-order valence-corrected chi connectivity index (χ4v) is 2.28. The van der Waals surface area contributed by atoms with E-state index in [1.807, 2.05) is 0 Å². The minimum Gasteiger partial charge on any atom is -0.481 e. The number of halogens is 2. The fourth-order valence-electron chi connectivity index (χ4n) is 2.28. The molecular formula is C11H11F2NO2. The number of hydrogen-bond acceptors (Lipinski definition) is 2. The molecule has 3 N–H and O–H groups in total. The van der Waals surface area contributed by atoms with Crippen molar-refractivity contribution in [2.75, 3.05) is 0 Å². The molecule has 16 heavy (non-hydrogen) atoms. The molecule has 0 saturated heterocycles. The van der Waals surface area contributed by atoms with E-state index in [2.05, 4.69) is 0 Å². The molecule has 1 fully saturated rings. The molecule has 1 aromatic rings. The van der Waals surface area contributed by atoms with Crippen LogP contribution in [0.4, 0.5) is 8.78 Å². The van der Waals surface area contributed by atoms with Crippen molar-refractivity contribution in [1.82, 2.24) is 0 Å². The monoisotopic (exact) mass is 227 g/mol. The van der Waals surface area contributed by atoms with E-state index >= 15 is 0 Å². The lowest BCUT2D eigenvalue weighted by atomic mass is 9.61. The molecule has 5 heteroatoms. The largest absolute Gasteiger partial charge is 0.481 e. The van der Waals surface area contributed by atoms with Gasteiger partial charge in [0.2, 0.25) is 0 Å². The normalized spacial score (nSPS) is 28.6. The highest BCUT2D eigenvalue weighted by Crippen LogP contribution is 2.45. The van der Waals surface area contributed by atoms with Crippen LogP contribution in [0.2, 0.25) is 0 Å². The van der Waals surface area contributed by atoms with Crippen molar-refractivity contribution < 1.29 is 18.7 Å². The van der Waals surface area contributed by atoms with Gasteiger partial charge in [-0.15, -0.1) is 0 Å². The topological polar surface area (TPSA) is 63.3 Å². The summed E-state index contributed by atoms with van der Waals surface area (Å²) in [6.45, 7) is 0. The number of nitrogens with two attached hydrogens (primary N) is 1. The molecule has 0 bridgehead atoms. The molecule has 86 valence electrons. The standard InChI is InChI=1S/C11H11F2NO2/c12-7-2-1-3-8(13)9(7)11(10(15)16)4-6(14)5-11/h1-3,6H,4-5,14H2,(H,15,16). The van der Waals surface area contributed by atoms with Gasteiger partial charge in [-0.05, 0) is 25.0 Å². The summed E-state index contributed by atoms with van der Waals surface area (Å²) in [5.74, 6) is -2.87. The van der Waals surface area contributed by atoms with Crippen LogP contribution in [0.15, 0.2) is 18.2 Å². The predicted molar refractivity (Wildman–Crippen MR) is 52.9 cm³/mol. The first-order valence-corrected chi connectivity index (χ1v) is 4.91. The lowest BCUT2D eigenvalue weighted by Gasteiger charge is -2.43. The highest BCUT2D eigenvalue weighted by atomic mass is 19.1. The first-order valence-electron chi connectivity index (χ1n) is 4.91. The number of carboxylic acid groups (broad SMARTS) is 1. The Balaban J connectivity index is 2.53. The Morgan fingerprint density at radius 2 is 1.88 bits per heavy atom. The number of rotatable bonds is 2. The average molecular weight is 227 g/mol. The minimum atomic E-state index is -1.49. The van der Waals surface area contributed by atoms with Gasteiger partial charge in [0.25, 0.3) is 0 Å². The highest BCUT2D eigenvalue weighted by molar-refractivity contribution is 5.83. The second kappa shape index (κ2) is 3.52. The van der Waals surface area contributed by atoms with Gasteiger partial charge in [0.1, 0.15) is 17.0 Å². The van der Waals surface area contributed by atoms with Gasteiger partial charge >= 0.3 is 5.97 Å². The van der Waals surface area contributed by atoms with Crippen LogP contribution in [-0.2, 0) is 10.2 Å². The SMILES string of the molecule is NC1CC(C(=O)O)(c2c(F)cccc2F)C1. The van der Waals surface area contributed by atoms with E-state index in [4.69, 9.17) is 10.8 Å². The van der Waals surface area contributed by atoms with Crippen molar-refractivity contribution in [3.05, 3.63) is 35.4 Å². The molecule has 1 saturated carbocycles. The summed E-state index contributed by atoms with van der Waals surface area (Å²) in [7, 11) is 0. The number of benzene rings is 1. The molecular weight excluding hydrogens is 216 g/mol. The zero-order valence-electron chi connectivity index (χ0n) is 8.41. The van der Waals surface area contributed by atoms with E-state index in [1.54, 1.807) is 0 Å². The van der Waals surface area contributed by atoms with Gasteiger partial charge in [0.05, 0.1) is 0 Å². The van der Waals surface area contributed by atoms with Crippen LogP contribution in [0.5, 0.6) is 0 Å². The van der Waals surface area contributed by atoms with Crippen LogP contribution in [-0.4, -0.2) is 17.1 Å². The van der Waals surface area contributed by atoms with Gasteiger partial charge in [-0.25, -0.2) is 8.78 Å². The maximum absolute atomic E-state index is 13.5. The second-order valence-electron chi connectivity index (χ2n) is 4.15. The first kappa shape index (κ1) is 11.0. The fraction of sp³-hybridized carbons (Fsp3) is 0.364. The lowest BCUT2D eigenvalue weighted by Crippen LogP contribution is -2.55. The van der Waals surface area contributed by atoms with Crippen molar-refractivity contribution in [3.8, 4) is 0 Å². The zero-order valence-corrected chi connectivity index (χ0v) is 8.41. The third kappa shape index (κ3) is 1.39. The average Bonchev–Trinajstić information content (AvgIpc) is 2.13. The Morgan fingerprint density at radius 1 is 1.38 bits per heavy atom. The predicted octanol–water partition coefficient (Wildman–Crippen LogP) is 1.41. The van der Waals surface area contributed by atoms with E-state index in [0.717, 1.165) is 12.1 Å². The molecule has 2 rings (SSSR count). The van der Waals surface area contributed by atoms with Crippen LogP contribution in [0.1, 0.15) is 18.4 Å². The van der Waals surface area contributed by atoms with Gasteiger partial charge in [0.15, 0.2) is 0 Å². The van der Waals surface area contributed by atoms with Crippen LogP contribution in [0.25, 0.3) is 0 Å². The Bertz CT molecular complexity index is 421. The minimum absolute atomic E-state index is 0.0696. The summed E-state index contributed by atoms with van der Waals surface area (Å²) in [5, 5.41) is 9.11. The van der Waals surface area contributed by atoms with Gasteiger partial charge in [0, 0.05) is 11.6 Å². The molecule has 3 nitrogen and oxygen atoms in total. The van der Waals surface area contributed by atoms with E-state index in [-0.39, 0.29) is 24.4 Å². The molecule has 1 aromatic carbocycles. The lowest BCUT2D eigenvalue weighted by molar-refractivity contribution is -0.148. The van der Waals surface area contributed by atoms with Gasteiger partial charge in [-0.2, -0.15) is 0 Å². The Hall–Kier alpha value is -1.49. The molecule has 1 aliphatic rings. The van der Waals surface area contributed by atoms with Crippen molar-refractivity contribution in [1.29, 1.82) is 0 Å². The van der Waals surface area contributed by atoms with Crippen molar-refractivity contribution in [3.63, 3.8) is 0 Å². The van der Waals surface area contributed by atoms with Crippen LogP contribution in [0.3, 0.4) is 0 Å². The van der Waals surface area contributed by atoms with Gasteiger partial charge in [-0.1, -0.05) is 6.07 Å². The van der Waals surface area contributed by atoms with Crippen molar-refractivity contribution in [2.45, 2.75) is 24.3 Å². The van der Waals surface area contributed by atoms with Crippen LogP contribution < -0.4 is 5.73 Å². The van der Waals surface area contributed by atoms with E-state index in [0.29, 0.717) is 0 Å². The zero-order chi connectivity index (χ0) is 11.9. The first-order chi connectivity index (χ1) is 7.47. The molecule has 0 atom stereocenters. The van der Waals surface area contributed by atoms with Crippen LogP contribution in [0, 0.1) is 11.6 Å². The smallest absolute Gasteiger partial charge is 0.314 e. The van der Waals surface area contributed by atoms with Gasteiger partial charge < -0.3 is 10.8 Å². The third-order valence-electron chi connectivity index (χ3n) is 3.07. The Labute approximate surface area is 90.9 Å². The molecule has 0 aromatic heterocycles. The van der Waals surface area contributed by atoms with Crippen molar-refractivity contribution >= 4 is 5.97 Å². The molecule has 1 aliphatic carbocycles. The maximum atomic E-state index is 13.5. The number of hydrogen-bond donors (Lipinski definition) is 2. The number of carboxylic acids is 1. The Kier molecular flexibility index (Phi) is 2.42. The quantitative estimate of drug-likeness (QED) is 0.802. The van der Waals surface area contributed by atoms with Crippen molar-refractivity contribution in [2.24, 2.45) is 5.73 Å². The molecule has 0 heterocycles. The summed E-state index contributed by atoms with van der Waals surface area (Å²) in [4.78, 5) is 11.2. The summed E-state index contributed by atoms with van der Waals surface area (Å²) in [6, 6.07) is 3.03. The maximum Gasteiger partial charge on any atom is 0.314 e. The highest BCUT2D eigenvalue weighted by Gasteiger charge is 2.53. The molecule has 0 radical (unpaired) electrons. The molecule has 0 unspecified atom stereocenters. The molecule has 0 spiro atoms. The summed E-state index contributed by atoms with van der Waals surface area (Å²) >= 11 is 0. The number of aliphatic carboxylic acids is 1. The van der Waals surface area contributed by atoms with E-state index in [9.17, 15) is 13.6 Å². The van der Waals surface area contributed by atoms with E-state index in [1.165, 1.54) is 6.07 Å². The third-order valence-corrected chi connectivity index (χ3v) is 3.07. The summed E-state index contributed by atoms with van der Waals surface area (Å²) in [6.07, 6.45) is 0.139.